The smallest absolute Gasteiger partial charge is 0.243 e. The van der Waals surface area contributed by atoms with Crippen molar-refractivity contribution in [1.82, 2.24) is 0 Å². The monoisotopic (exact) mass is 390 g/mol. The maximum atomic E-state index is 12.2. The number of nitrogens with one attached hydrogen (secondary N) is 2. The van der Waals surface area contributed by atoms with Gasteiger partial charge in [0.1, 0.15) is 5.75 Å². The van der Waals surface area contributed by atoms with E-state index < -0.39 is 0 Å². The zero-order valence-electron chi connectivity index (χ0n) is 17.1. The van der Waals surface area contributed by atoms with Crippen LogP contribution in [0.3, 0.4) is 0 Å². The number of unbranched alkanes of at least 4 members (excludes halogenated alkanes) is 4. The highest BCUT2D eigenvalue weighted by atomic mass is 16.5. The third-order valence-corrected chi connectivity index (χ3v) is 4.86. The summed E-state index contributed by atoms with van der Waals surface area (Å²) in [5.74, 6) is 0.760. The van der Waals surface area contributed by atoms with Gasteiger partial charge < -0.3 is 15.4 Å². The lowest BCUT2D eigenvalue weighted by molar-refractivity contribution is -0.114. The molecule has 0 fully saturated rings. The topological polar surface area (TPSA) is 50.4 Å². The van der Waals surface area contributed by atoms with Crippen LogP contribution in [-0.2, 0) is 4.79 Å². The SMILES string of the molecule is CCCCCCCOc1ccc(NC(=O)CNc2ccc3ccccc3c2)cc1. The van der Waals surface area contributed by atoms with Crippen LogP contribution in [-0.4, -0.2) is 19.1 Å². The molecule has 0 spiro atoms. The second-order valence-corrected chi connectivity index (χ2v) is 7.25. The van der Waals surface area contributed by atoms with Gasteiger partial charge in [0.05, 0.1) is 13.2 Å². The quantitative estimate of drug-likeness (QED) is 0.381. The molecule has 0 aliphatic rings. The summed E-state index contributed by atoms with van der Waals surface area (Å²) in [5.41, 5.74) is 1.70. The van der Waals surface area contributed by atoms with Crippen LogP contribution in [0, 0.1) is 0 Å². The van der Waals surface area contributed by atoms with Gasteiger partial charge in [-0.2, -0.15) is 0 Å². The van der Waals surface area contributed by atoms with E-state index in [2.05, 4.69) is 41.8 Å². The summed E-state index contributed by atoms with van der Waals surface area (Å²) in [5, 5.41) is 8.43. The largest absolute Gasteiger partial charge is 0.494 e. The first-order chi connectivity index (χ1) is 14.2. The predicted octanol–water partition coefficient (Wildman–Crippen LogP) is 6.24. The minimum Gasteiger partial charge on any atom is -0.494 e. The third-order valence-electron chi connectivity index (χ3n) is 4.86. The Morgan fingerprint density at radius 1 is 0.828 bits per heavy atom. The van der Waals surface area contributed by atoms with E-state index in [1.165, 1.54) is 31.1 Å². The van der Waals surface area contributed by atoms with Gasteiger partial charge in [-0.1, -0.05) is 62.9 Å². The van der Waals surface area contributed by atoms with Gasteiger partial charge in [0.15, 0.2) is 0 Å². The van der Waals surface area contributed by atoms with Crippen LogP contribution < -0.4 is 15.4 Å². The molecule has 4 heteroatoms. The van der Waals surface area contributed by atoms with Gasteiger partial charge in [0.25, 0.3) is 0 Å². The Labute approximate surface area is 173 Å². The summed E-state index contributed by atoms with van der Waals surface area (Å²) in [6.45, 7) is 3.18. The number of carbonyl (C=O) groups is 1. The van der Waals surface area contributed by atoms with Crippen molar-refractivity contribution in [2.24, 2.45) is 0 Å². The fourth-order valence-electron chi connectivity index (χ4n) is 3.22. The van der Waals surface area contributed by atoms with Gasteiger partial charge in [-0.05, 0) is 53.6 Å². The predicted molar refractivity (Wildman–Crippen MR) is 122 cm³/mol. The second kappa shape index (κ2) is 11.1. The normalized spacial score (nSPS) is 10.7. The molecule has 3 aromatic carbocycles. The molecule has 2 N–H and O–H groups in total. The molecule has 0 aromatic heterocycles. The summed E-state index contributed by atoms with van der Waals surface area (Å²) in [6, 6.07) is 21.8. The van der Waals surface area contributed by atoms with E-state index in [9.17, 15) is 4.79 Å². The highest BCUT2D eigenvalue weighted by molar-refractivity contribution is 5.94. The Morgan fingerprint density at radius 3 is 2.34 bits per heavy atom. The standard InChI is InChI=1S/C25H30N2O2/c1-2-3-4-5-8-17-29-24-15-13-22(14-16-24)27-25(28)19-26-23-12-11-20-9-6-7-10-21(20)18-23/h6-7,9-16,18,26H,2-5,8,17,19H2,1H3,(H,27,28). The lowest BCUT2D eigenvalue weighted by Crippen LogP contribution is -2.21. The molecule has 1 amide bonds. The highest BCUT2D eigenvalue weighted by Gasteiger charge is 2.04. The number of benzene rings is 3. The van der Waals surface area contributed by atoms with E-state index >= 15 is 0 Å². The first kappa shape index (κ1) is 20.7. The van der Waals surface area contributed by atoms with Crippen molar-refractivity contribution in [3.63, 3.8) is 0 Å². The van der Waals surface area contributed by atoms with Crippen LogP contribution in [0.4, 0.5) is 11.4 Å². The summed E-state index contributed by atoms with van der Waals surface area (Å²) >= 11 is 0. The van der Waals surface area contributed by atoms with Crippen molar-refractivity contribution in [3.8, 4) is 5.75 Å². The van der Waals surface area contributed by atoms with Crippen molar-refractivity contribution < 1.29 is 9.53 Å². The molecule has 0 radical (unpaired) electrons. The molecule has 4 nitrogen and oxygen atoms in total. The molecule has 0 unspecified atom stereocenters. The lowest BCUT2D eigenvalue weighted by Gasteiger charge is -2.10. The summed E-state index contributed by atoms with van der Waals surface area (Å²) in [6.07, 6.45) is 6.12. The molecular weight excluding hydrogens is 360 g/mol. The Morgan fingerprint density at radius 2 is 1.55 bits per heavy atom. The van der Waals surface area contributed by atoms with Crippen molar-refractivity contribution in [2.75, 3.05) is 23.8 Å². The average molecular weight is 391 g/mol. The number of rotatable bonds is 11. The van der Waals surface area contributed by atoms with Crippen LogP contribution in [0.25, 0.3) is 10.8 Å². The van der Waals surface area contributed by atoms with E-state index in [1.54, 1.807) is 0 Å². The first-order valence-corrected chi connectivity index (χ1v) is 10.5. The Balaban J connectivity index is 1.40. The minimum absolute atomic E-state index is 0.0808. The minimum atomic E-state index is -0.0808. The van der Waals surface area contributed by atoms with Gasteiger partial charge in [-0.3, -0.25) is 4.79 Å². The molecule has 0 atom stereocenters. The molecule has 3 rings (SSSR count). The molecule has 29 heavy (non-hydrogen) atoms. The molecular formula is C25H30N2O2. The molecule has 0 saturated carbocycles. The Kier molecular flexibility index (Phi) is 7.93. The van der Waals surface area contributed by atoms with E-state index in [0.29, 0.717) is 0 Å². The van der Waals surface area contributed by atoms with E-state index in [1.807, 2.05) is 42.5 Å². The van der Waals surface area contributed by atoms with E-state index in [0.717, 1.165) is 35.5 Å². The van der Waals surface area contributed by atoms with Crippen LogP contribution in [0.2, 0.25) is 0 Å². The zero-order chi connectivity index (χ0) is 20.3. The van der Waals surface area contributed by atoms with Crippen molar-refractivity contribution in [2.45, 2.75) is 39.0 Å². The number of fused-ring (bicyclic) bond motifs is 1. The van der Waals surface area contributed by atoms with Crippen molar-refractivity contribution in [3.05, 3.63) is 66.7 Å². The van der Waals surface area contributed by atoms with Gasteiger partial charge in [-0.25, -0.2) is 0 Å². The van der Waals surface area contributed by atoms with Gasteiger partial charge in [0.2, 0.25) is 5.91 Å². The van der Waals surface area contributed by atoms with Gasteiger partial charge >= 0.3 is 0 Å². The van der Waals surface area contributed by atoms with Crippen LogP contribution in [0.15, 0.2) is 66.7 Å². The third kappa shape index (κ3) is 6.83. The van der Waals surface area contributed by atoms with Gasteiger partial charge in [0, 0.05) is 11.4 Å². The molecule has 0 heterocycles. The molecule has 0 aliphatic carbocycles. The van der Waals surface area contributed by atoms with Crippen LogP contribution in [0.1, 0.15) is 39.0 Å². The number of carbonyl (C=O) groups excluding carboxylic acids is 1. The summed E-state index contributed by atoms with van der Waals surface area (Å²) in [7, 11) is 0. The Hall–Kier alpha value is -3.01. The molecule has 3 aromatic rings. The zero-order valence-corrected chi connectivity index (χ0v) is 17.1. The summed E-state index contributed by atoms with van der Waals surface area (Å²) in [4.78, 5) is 12.2. The molecule has 152 valence electrons. The van der Waals surface area contributed by atoms with E-state index in [-0.39, 0.29) is 12.5 Å². The van der Waals surface area contributed by atoms with Crippen LogP contribution in [0.5, 0.6) is 5.75 Å². The molecule has 0 bridgehead atoms. The van der Waals surface area contributed by atoms with E-state index in [4.69, 9.17) is 4.74 Å². The van der Waals surface area contributed by atoms with Crippen molar-refractivity contribution >= 4 is 28.1 Å². The van der Waals surface area contributed by atoms with Crippen LogP contribution >= 0.6 is 0 Å². The summed E-state index contributed by atoms with van der Waals surface area (Å²) < 4.78 is 5.76. The number of amides is 1. The maximum Gasteiger partial charge on any atom is 0.243 e. The molecule has 0 aliphatic heterocycles. The highest BCUT2D eigenvalue weighted by Crippen LogP contribution is 2.19. The maximum absolute atomic E-state index is 12.2. The molecule has 0 saturated heterocycles. The number of anilines is 2. The second-order valence-electron chi connectivity index (χ2n) is 7.25. The fraction of sp³-hybridized carbons (Fsp3) is 0.320. The number of hydrogen-bond acceptors (Lipinski definition) is 3. The number of ether oxygens (including phenoxy) is 1. The lowest BCUT2D eigenvalue weighted by atomic mass is 10.1. The van der Waals surface area contributed by atoms with Crippen molar-refractivity contribution in [1.29, 1.82) is 0 Å². The first-order valence-electron chi connectivity index (χ1n) is 10.5. The average Bonchev–Trinajstić information content (AvgIpc) is 2.76. The van der Waals surface area contributed by atoms with Gasteiger partial charge in [-0.15, -0.1) is 0 Å². The number of hydrogen-bond donors (Lipinski definition) is 2. The Bertz CT molecular complexity index is 906. The fourth-order valence-corrected chi connectivity index (χ4v) is 3.22.